The first-order valence-corrected chi connectivity index (χ1v) is 6.34. The van der Waals surface area contributed by atoms with E-state index in [2.05, 4.69) is 11.4 Å². The minimum atomic E-state index is -0.00432. The van der Waals surface area contributed by atoms with Crippen LogP contribution in [0, 0.1) is 11.7 Å². The van der Waals surface area contributed by atoms with Gasteiger partial charge in [-0.2, -0.15) is 0 Å². The Kier molecular flexibility index (Phi) is 2.68. The summed E-state index contributed by atoms with van der Waals surface area (Å²) in [5, 5.41) is 3.58. The number of nitrogens with one attached hydrogen (secondary N) is 1. The second-order valence-corrected chi connectivity index (χ2v) is 5.08. The largest absolute Gasteiger partial charge is 0.314 e. The van der Waals surface area contributed by atoms with Crippen LogP contribution in [0.4, 0.5) is 4.39 Å². The zero-order valence-corrected chi connectivity index (χ0v) is 9.51. The van der Waals surface area contributed by atoms with Crippen LogP contribution >= 0.6 is 0 Å². The highest BCUT2D eigenvalue weighted by Gasteiger charge is 2.28. The molecule has 3 rings (SSSR count). The van der Waals surface area contributed by atoms with Crippen molar-refractivity contribution in [2.24, 2.45) is 5.92 Å². The Morgan fingerprint density at radius 3 is 3.00 bits per heavy atom. The van der Waals surface area contributed by atoms with E-state index in [-0.39, 0.29) is 5.82 Å². The van der Waals surface area contributed by atoms with Gasteiger partial charge in [-0.3, -0.25) is 0 Å². The van der Waals surface area contributed by atoms with E-state index in [0.717, 1.165) is 37.3 Å². The normalized spacial score (nSPS) is 29.1. The van der Waals surface area contributed by atoms with Crippen molar-refractivity contribution in [3.05, 3.63) is 35.1 Å². The van der Waals surface area contributed by atoms with Crippen molar-refractivity contribution in [3.63, 3.8) is 0 Å². The molecule has 86 valence electrons. The molecule has 1 nitrogen and oxygen atoms in total. The maximum absolute atomic E-state index is 13.6. The van der Waals surface area contributed by atoms with Crippen LogP contribution in [0.25, 0.3) is 0 Å². The molecule has 0 spiro atoms. The molecule has 16 heavy (non-hydrogen) atoms. The summed E-state index contributed by atoms with van der Waals surface area (Å²) in [5.41, 5.74) is 2.21. The Labute approximate surface area is 96.1 Å². The lowest BCUT2D eigenvalue weighted by Crippen LogP contribution is -2.34. The first-order chi connectivity index (χ1) is 7.84. The van der Waals surface area contributed by atoms with Gasteiger partial charge in [0.15, 0.2) is 0 Å². The van der Waals surface area contributed by atoms with E-state index >= 15 is 0 Å². The summed E-state index contributed by atoms with van der Waals surface area (Å²) in [6.07, 6.45) is 5.73. The third-order valence-electron chi connectivity index (χ3n) is 4.13. The van der Waals surface area contributed by atoms with Crippen LogP contribution in [0.1, 0.15) is 30.4 Å². The molecule has 1 aliphatic carbocycles. The SMILES string of the molecule is Fc1cccc2c1CCC(C1CCCN1)C2. The number of hydrogen-bond acceptors (Lipinski definition) is 1. The van der Waals surface area contributed by atoms with Crippen molar-refractivity contribution < 1.29 is 4.39 Å². The fourth-order valence-electron chi connectivity index (χ4n) is 3.25. The number of halogens is 1. The Balaban J connectivity index is 1.80. The van der Waals surface area contributed by atoms with Gasteiger partial charge in [0.1, 0.15) is 5.82 Å². The zero-order valence-electron chi connectivity index (χ0n) is 9.51. The van der Waals surface area contributed by atoms with Crippen LogP contribution in [-0.2, 0) is 12.8 Å². The van der Waals surface area contributed by atoms with E-state index in [1.165, 1.54) is 18.4 Å². The molecule has 2 atom stereocenters. The van der Waals surface area contributed by atoms with Crippen molar-refractivity contribution in [3.8, 4) is 0 Å². The highest BCUT2D eigenvalue weighted by atomic mass is 19.1. The van der Waals surface area contributed by atoms with Gasteiger partial charge in [0.05, 0.1) is 0 Å². The van der Waals surface area contributed by atoms with Gasteiger partial charge in [-0.25, -0.2) is 4.39 Å². The Hall–Kier alpha value is -0.890. The molecule has 2 unspecified atom stereocenters. The van der Waals surface area contributed by atoms with Crippen LogP contribution < -0.4 is 5.32 Å². The highest BCUT2D eigenvalue weighted by molar-refractivity contribution is 5.31. The predicted octanol–water partition coefficient (Wildman–Crippen LogP) is 2.68. The minimum Gasteiger partial charge on any atom is -0.314 e. The molecule has 1 aliphatic heterocycles. The molecule has 1 saturated heterocycles. The van der Waals surface area contributed by atoms with Gasteiger partial charge in [0.25, 0.3) is 0 Å². The Morgan fingerprint density at radius 2 is 2.19 bits per heavy atom. The second kappa shape index (κ2) is 4.17. The topological polar surface area (TPSA) is 12.0 Å². The predicted molar refractivity (Wildman–Crippen MR) is 62.9 cm³/mol. The minimum absolute atomic E-state index is 0.00432. The van der Waals surface area contributed by atoms with Gasteiger partial charge in [0, 0.05) is 6.04 Å². The van der Waals surface area contributed by atoms with Gasteiger partial charge in [-0.1, -0.05) is 12.1 Å². The molecular weight excluding hydrogens is 201 g/mol. The molecule has 0 amide bonds. The van der Waals surface area contributed by atoms with Gasteiger partial charge in [-0.05, 0) is 61.8 Å². The molecule has 1 fully saturated rings. The van der Waals surface area contributed by atoms with Crippen LogP contribution in [-0.4, -0.2) is 12.6 Å². The number of benzene rings is 1. The van der Waals surface area contributed by atoms with E-state index in [1.807, 2.05) is 6.07 Å². The first-order valence-electron chi connectivity index (χ1n) is 6.34. The molecule has 2 heteroatoms. The quantitative estimate of drug-likeness (QED) is 0.765. The molecule has 0 aromatic heterocycles. The molecule has 0 saturated carbocycles. The molecule has 0 radical (unpaired) electrons. The van der Waals surface area contributed by atoms with Gasteiger partial charge >= 0.3 is 0 Å². The molecule has 1 N–H and O–H groups in total. The van der Waals surface area contributed by atoms with E-state index in [4.69, 9.17) is 0 Å². The van der Waals surface area contributed by atoms with Crippen LogP contribution in [0.5, 0.6) is 0 Å². The first kappa shape index (κ1) is 10.3. The lowest BCUT2D eigenvalue weighted by Gasteiger charge is -2.29. The summed E-state index contributed by atoms with van der Waals surface area (Å²) in [6, 6.07) is 6.21. The third kappa shape index (κ3) is 1.75. The van der Waals surface area contributed by atoms with Crippen molar-refractivity contribution >= 4 is 0 Å². The van der Waals surface area contributed by atoms with E-state index in [9.17, 15) is 4.39 Å². The lowest BCUT2D eigenvalue weighted by molar-refractivity contribution is 0.345. The molecule has 1 aromatic carbocycles. The number of fused-ring (bicyclic) bond motifs is 1. The molecule has 2 aliphatic rings. The van der Waals surface area contributed by atoms with E-state index in [0.29, 0.717) is 6.04 Å². The maximum Gasteiger partial charge on any atom is 0.126 e. The molecule has 1 heterocycles. The van der Waals surface area contributed by atoms with Crippen molar-refractivity contribution in [1.29, 1.82) is 0 Å². The second-order valence-electron chi connectivity index (χ2n) is 5.08. The van der Waals surface area contributed by atoms with Crippen LogP contribution in [0.15, 0.2) is 18.2 Å². The average Bonchev–Trinajstić information content (AvgIpc) is 2.82. The summed E-state index contributed by atoms with van der Waals surface area (Å²) in [7, 11) is 0. The van der Waals surface area contributed by atoms with Crippen molar-refractivity contribution in [2.75, 3.05) is 6.54 Å². The van der Waals surface area contributed by atoms with Gasteiger partial charge in [0.2, 0.25) is 0 Å². The molecule has 0 bridgehead atoms. The zero-order chi connectivity index (χ0) is 11.0. The summed E-state index contributed by atoms with van der Waals surface area (Å²) in [6.45, 7) is 1.16. The highest BCUT2D eigenvalue weighted by Crippen LogP contribution is 2.31. The fraction of sp³-hybridized carbons (Fsp3) is 0.571. The smallest absolute Gasteiger partial charge is 0.126 e. The lowest BCUT2D eigenvalue weighted by atomic mass is 9.79. The molecule has 1 aromatic rings. The monoisotopic (exact) mass is 219 g/mol. The number of rotatable bonds is 1. The maximum atomic E-state index is 13.6. The summed E-state index contributed by atoms with van der Waals surface area (Å²) < 4.78 is 13.6. The Bertz CT molecular complexity index is 382. The third-order valence-corrected chi connectivity index (χ3v) is 4.13. The average molecular weight is 219 g/mol. The standard InChI is InChI=1S/C14H18FN/c15-13-4-1-3-10-9-11(6-7-12(10)13)14-5-2-8-16-14/h1,3-4,11,14,16H,2,5-9H2. The van der Waals surface area contributed by atoms with Crippen molar-refractivity contribution in [2.45, 2.75) is 38.1 Å². The summed E-state index contributed by atoms with van der Waals surface area (Å²) in [5.74, 6) is 0.715. The van der Waals surface area contributed by atoms with Crippen LogP contribution in [0.2, 0.25) is 0 Å². The van der Waals surface area contributed by atoms with Crippen molar-refractivity contribution in [1.82, 2.24) is 5.32 Å². The molecular formula is C14H18FN. The van der Waals surface area contributed by atoms with Gasteiger partial charge < -0.3 is 5.32 Å². The van der Waals surface area contributed by atoms with Crippen LogP contribution in [0.3, 0.4) is 0 Å². The van der Waals surface area contributed by atoms with E-state index < -0.39 is 0 Å². The fourth-order valence-corrected chi connectivity index (χ4v) is 3.25. The van der Waals surface area contributed by atoms with E-state index in [1.54, 1.807) is 6.07 Å². The van der Waals surface area contributed by atoms with Gasteiger partial charge in [-0.15, -0.1) is 0 Å². The number of hydrogen-bond donors (Lipinski definition) is 1. The summed E-state index contributed by atoms with van der Waals surface area (Å²) in [4.78, 5) is 0. The summed E-state index contributed by atoms with van der Waals surface area (Å²) >= 11 is 0. The Morgan fingerprint density at radius 1 is 1.25 bits per heavy atom.